The highest BCUT2D eigenvalue weighted by Crippen LogP contribution is 2.28. The maximum absolute atomic E-state index is 13.2. The van der Waals surface area contributed by atoms with Gasteiger partial charge in [-0.25, -0.2) is 4.39 Å². The molecule has 2 aromatic rings. The predicted octanol–water partition coefficient (Wildman–Crippen LogP) is 4.57. The first-order valence-electron chi connectivity index (χ1n) is 7.23. The third-order valence-electron chi connectivity index (χ3n) is 4.13. The Morgan fingerprint density at radius 2 is 2.14 bits per heavy atom. The summed E-state index contributed by atoms with van der Waals surface area (Å²) >= 11 is 7.33. The van der Waals surface area contributed by atoms with E-state index in [0.29, 0.717) is 16.7 Å². The minimum Gasteiger partial charge on any atom is -0.348 e. The van der Waals surface area contributed by atoms with Gasteiger partial charge in [-0.3, -0.25) is 4.79 Å². The van der Waals surface area contributed by atoms with Gasteiger partial charge in [0.2, 0.25) is 0 Å². The second-order valence-electron chi connectivity index (χ2n) is 5.57. The van der Waals surface area contributed by atoms with Crippen molar-refractivity contribution in [3.63, 3.8) is 0 Å². The first-order valence-corrected chi connectivity index (χ1v) is 8.58. The minimum atomic E-state index is -0.272. The van der Waals surface area contributed by atoms with Crippen LogP contribution in [0, 0.1) is 11.7 Å². The first kappa shape index (κ1) is 14.8. The lowest BCUT2D eigenvalue weighted by Gasteiger charge is -2.30. The van der Waals surface area contributed by atoms with Gasteiger partial charge in [0, 0.05) is 16.6 Å². The number of benzene rings is 1. The fraction of sp³-hybridized carbons (Fsp3) is 0.438. The normalized spacial score (nSPS) is 22.4. The topological polar surface area (TPSA) is 29.1 Å². The van der Waals surface area contributed by atoms with Crippen LogP contribution < -0.4 is 5.32 Å². The third-order valence-corrected chi connectivity index (χ3v) is 5.62. The molecule has 3 rings (SSSR count). The maximum Gasteiger partial charge on any atom is 0.261 e. The quantitative estimate of drug-likeness (QED) is 0.823. The van der Waals surface area contributed by atoms with Crippen LogP contribution in [0.3, 0.4) is 0 Å². The van der Waals surface area contributed by atoms with Crippen molar-refractivity contribution >= 4 is 38.9 Å². The Hall–Kier alpha value is -1.13. The van der Waals surface area contributed by atoms with Crippen molar-refractivity contribution in [2.24, 2.45) is 5.92 Å². The summed E-state index contributed by atoms with van der Waals surface area (Å²) in [6, 6.07) is 6.58. The summed E-state index contributed by atoms with van der Waals surface area (Å²) in [5, 5.41) is 4.01. The molecule has 0 radical (unpaired) electrons. The summed E-state index contributed by atoms with van der Waals surface area (Å²) in [5.74, 6) is 0.600. The molecule has 1 aromatic carbocycles. The number of halogens is 2. The molecular weight excluding hydrogens is 309 g/mol. The Kier molecular flexibility index (Phi) is 4.45. The van der Waals surface area contributed by atoms with Crippen molar-refractivity contribution in [2.45, 2.75) is 31.7 Å². The van der Waals surface area contributed by atoms with Crippen LogP contribution in [0.1, 0.15) is 35.4 Å². The van der Waals surface area contributed by atoms with E-state index in [1.165, 1.54) is 29.9 Å². The highest BCUT2D eigenvalue weighted by molar-refractivity contribution is 7.20. The molecule has 1 N–H and O–H groups in total. The van der Waals surface area contributed by atoms with Gasteiger partial charge in [0.15, 0.2) is 0 Å². The average molecular weight is 326 g/mol. The molecule has 0 aliphatic heterocycles. The molecule has 1 aromatic heterocycles. The van der Waals surface area contributed by atoms with Crippen LogP contribution >= 0.6 is 22.9 Å². The molecule has 0 bridgehead atoms. The van der Waals surface area contributed by atoms with Crippen LogP contribution in [0.2, 0.25) is 0 Å². The van der Waals surface area contributed by atoms with Crippen molar-refractivity contribution in [1.29, 1.82) is 0 Å². The predicted molar refractivity (Wildman–Crippen MR) is 85.7 cm³/mol. The largest absolute Gasteiger partial charge is 0.348 e. The van der Waals surface area contributed by atoms with Crippen molar-refractivity contribution in [2.75, 3.05) is 5.88 Å². The van der Waals surface area contributed by atoms with Gasteiger partial charge in [-0.15, -0.1) is 22.9 Å². The van der Waals surface area contributed by atoms with Gasteiger partial charge >= 0.3 is 0 Å². The molecule has 1 aliphatic carbocycles. The van der Waals surface area contributed by atoms with E-state index in [1.807, 2.05) is 6.07 Å². The molecule has 21 heavy (non-hydrogen) atoms. The minimum absolute atomic E-state index is 0.0707. The molecule has 2 nitrogen and oxygen atoms in total. The lowest BCUT2D eigenvalue weighted by atomic mass is 9.86. The van der Waals surface area contributed by atoms with E-state index >= 15 is 0 Å². The van der Waals surface area contributed by atoms with E-state index in [4.69, 9.17) is 11.6 Å². The van der Waals surface area contributed by atoms with Crippen molar-refractivity contribution < 1.29 is 9.18 Å². The Balaban J connectivity index is 1.77. The van der Waals surface area contributed by atoms with Crippen LogP contribution in [-0.4, -0.2) is 17.8 Å². The van der Waals surface area contributed by atoms with Gasteiger partial charge in [0.25, 0.3) is 5.91 Å². The summed E-state index contributed by atoms with van der Waals surface area (Å²) in [6.07, 6.45) is 4.39. The van der Waals surface area contributed by atoms with E-state index in [-0.39, 0.29) is 17.8 Å². The second kappa shape index (κ2) is 6.32. The average Bonchev–Trinajstić information content (AvgIpc) is 2.91. The SMILES string of the molecule is O=C(NC1CCCCC1CCl)c1cc2ccc(F)cc2s1. The number of hydrogen-bond acceptors (Lipinski definition) is 2. The number of amides is 1. The second-order valence-corrected chi connectivity index (χ2v) is 6.96. The summed E-state index contributed by atoms with van der Waals surface area (Å²) in [4.78, 5) is 13.0. The van der Waals surface area contributed by atoms with Crippen molar-refractivity contribution in [3.05, 3.63) is 35.0 Å². The van der Waals surface area contributed by atoms with Gasteiger partial charge in [0.1, 0.15) is 5.82 Å². The van der Waals surface area contributed by atoms with E-state index in [0.717, 1.165) is 29.3 Å². The summed E-state index contributed by atoms with van der Waals surface area (Å²) in [6.45, 7) is 0. The number of carbonyl (C=O) groups excluding carboxylic acids is 1. The Labute approximate surface area is 132 Å². The number of alkyl halides is 1. The maximum atomic E-state index is 13.2. The van der Waals surface area contributed by atoms with Gasteiger partial charge in [-0.05, 0) is 42.3 Å². The molecule has 1 aliphatic rings. The standard InChI is InChI=1S/C16H17ClFNOS/c17-9-11-3-1-2-4-13(11)19-16(20)15-7-10-5-6-12(18)8-14(10)21-15/h5-8,11,13H,1-4,9H2,(H,19,20). The Morgan fingerprint density at radius 3 is 2.95 bits per heavy atom. The third kappa shape index (κ3) is 3.22. The van der Waals surface area contributed by atoms with Gasteiger partial charge < -0.3 is 5.32 Å². The summed E-state index contributed by atoms with van der Waals surface area (Å²) in [5.41, 5.74) is 0. The fourth-order valence-electron chi connectivity index (χ4n) is 2.94. The number of fused-ring (bicyclic) bond motifs is 1. The van der Waals surface area contributed by atoms with Gasteiger partial charge in [-0.1, -0.05) is 18.9 Å². The lowest BCUT2D eigenvalue weighted by Crippen LogP contribution is -2.42. The number of nitrogens with one attached hydrogen (secondary N) is 1. The van der Waals surface area contributed by atoms with Gasteiger partial charge in [-0.2, -0.15) is 0 Å². The zero-order valence-electron chi connectivity index (χ0n) is 11.6. The summed E-state index contributed by atoms with van der Waals surface area (Å²) < 4.78 is 14.0. The molecule has 1 fully saturated rings. The molecule has 5 heteroatoms. The molecule has 1 amide bonds. The lowest BCUT2D eigenvalue weighted by molar-refractivity contribution is 0.0915. The number of thiophene rings is 1. The molecule has 0 spiro atoms. The zero-order chi connectivity index (χ0) is 14.8. The van der Waals surface area contributed by atoms with Crippen molar-refractivity contribution in [1.82, 2.24) is 5.32 Å². The van der Waals surface area contributed by atoms with E-state index in [2.05, 4.69) is 5.32 Å². The highest BCUT2D eigenvalue weighted by atomic mass is 35.5. The molecule has 2 unspecified atom stereocenters. The highest BCUT2D eigenvalue weighted by Gasteiger charge is 2.26. The number of hydrogen-bond donors (Lipinski definition) is 1. The Morgan fingerprint density at radius 1 is 1.33 bits per heavy atom. The molecule has 112 valence electrons. The molecular formula is C16H17ClFNOS. The molecule has 0 saturated heterocycles. The van der Waals surface area contributed by atoms with Crippen LogP contribution in [-0.2, 0) is 0 Å². The van der Waals surface area contributed by atoms with Crippen molar-refractivity contribution in [3.8, 4) is 0 Å². The molecule has 1 saturated carbocycles. The van der Waals surface area contributed by atoms with Crippen LogP contribution in [0.5, 0.6) is 0 Å². The Bertz CT molecular complexity index is 657. The van der Waals surface area contributed by atoms with E-state index in [9.17, 15) is 9.18 Å². The molecule has 2 atom stereocenters. The van der Waals surface area contributed by atoms with Gasteiger partial charge in [0.05, 0.1) is 4.88 Å². The first-order chi connectivity index (χ1) is 10.2. The van der Waals surface area contributed by atoms with E-state index < -0.39 is 0 Å². The molecule has 1 heterocycles. The fourth-order valence-corrected chi connectivity index (χ4v) is 4.30. The van der Waals surface area contributed by atoms with Crippen LogP contribution in [0.25, 0.3) is 10.1 Å². The van der Waals surface area contributed by atoms with E-state index in [1.54, 1.807) is 6.07 Å². The zero-order valence-corrected chi connectivity index (χ0v) is 13.1. The number of carbonyl (C=O) groups is 1. The smallest absolute Gasteiger partial charge is 0.261 e. The monoisotopic (exact) mass is 325 g/mol. The van der Waals surface area contributed by atoms with Crippen LogP contribution in [0.15, 0.2) is 24.3 Å². The summed E-state index contributed by atoms with van der Waals surface area (Å²) in [7, 11) is 0. The van der Waals surface area contributed by atoms with Crippen LogP contribution in [0.4, 0.5) is 4.39 Å². The number of rotatable bonds is 3.